The van der Waals surface area contributed by atoms with Crippen molar-refractivity contribution in [1.82, 2.24) is 9.88 Å². The van der Waals surface area contributed by atoms with E-state index in [0.29, 0.717) is 6.04 Å². The lowest BCUT2D eigenvalue weighted by Crippen LogP contribution is -2.22. The Morgan fingerprint density at radius 1 is 1.47 bits per heavy atom. The third kappa shape index (κ3) is 2.51. The van der Waals surface area contributed by atoms with E-state index in [1.54, 1.807) is 11.3 Å². The summed E-state index contributed by atoms with van der Waals surface area (Å²) >= 11 is 1.72. The van der Waals surface area contributed by atoms with E-state index in [1.165, 1.54) is 23.2 Å². The Morgan fingerprint density at radius 3 is 3.05 bits per heavy atom. The zero-order chi connectivity index (χ0) is 13.4. The molecule has 0 radical (unpaired) electrons. The first-order chi connectivity index (χ1) is 9.13. The SMILES string of the molecule is Cc1nc(CN(C)C2CCc3cc(N)ccc32)cs1. The number of hydrogen-bond donors (Lipinski definition) is 1. The summed E-state index contributed by atoms with van der Waals surface area (Å²) in [5.74, 6) is 0. The molecule has 1 heterocycles. The Morgan fingerprint density at radius 2 is 2.32 bits per heavy atom. The number of nitrogen functional groups attached to an aromatic ring is 1. The number of anilines is 1. The lowest BCUT2D eigenvalue weighted by atomic mass is 10.1. The van der Waals surface area contributed by atoms with E-state index in [4.69, 9.17) is 5.73 Å². The number of nitrogens with two attached hydrogens (primary N) is 1. The average molecular weight is 273 g/mol. The predicted octanol–water partition coefficient (Wildman–Crippen LogP) is 3.15. The topological polar surface area (TPSA) is 42.2 Å². The molecule has 0 aliphatic heterocycles. The van der Waals surface area contributed by atoms with Crippen LogP contribution in [-0.2, 0) is 13.0 Å². The fourth-order valence-electron chi connectivity index (χ4n) is 2.92. The maximum Gasteiger partial charge on any atom is 0.0897 e. The summed E-state index contributed by atoms with van der Waals surface area (Å²) < 4.78 is 0. The maximum atomic E-state index is 5.86. The quantitative estimate of drug-likeness (QED) is 0.874. The van der Waals surface area contributed by atoms with Gasteiger partial charge in [0.1, 0.15) is 0 Å². The zero-order valence-electron chi connectivity index (χ0n) is 11.4. The standard InChI is InChI=1S/C15H19N3S/c1-10-17-13(9-19-10)8-18(2)15-6-3-11-7-12(16)4-5-14(11)15/h4-5,7,9,15H,3,6,8,16H2,1-2H3. The minimum Gasteiger partial charge on any atom is -0.399 e. The van der Waals surface area contributed by atoms with Crippen LogP contribution in [0.5, 0.6) is 0 Å². The first-order valence-electron chi connectivity index (χ1n) is 6.63. The molecule has 1 aromatic heterocycles. The summed E-state index contributed by atoms with van der Waals surface area (Å²) in [5, 5.41) is 3.30. The van der Waals surface area contributed by atoms with Gasteiger partial charge in [0.05, 0.1) is 10.7 Å². The van der Waals surface area contributed by atoms with Crippen LogP contribution in [0.2, 0.25) is 0 Å². The Balaban J connectivity index is 1.77. The molecular formula is C15H19N3S. The van der Waals surface area contributed by atoms with Gasteiger partial charge >= 0.3 is 0 Å². The van der Waals surface area contributed by atoms with Crippen LogP contribution >= 0.6 is 11.3 Å². The van der Waals surface area contributed by atoms with Gasteiger partial charge in [-0.1, -0.05) is 6.07 Å². The number of thiazole rings is 1. The van der Waals surface area contributed by atoms with Crippen LogP contribution in [0, 0.1) is 6.92 Å². The number of rotatable bonds is 3. The minimum absolute atomic E-state index is 0.498. The molecule has 4 heteroatoms. The van der Waals surface area contributed by atoms with Gasteiger partial charge in [0, 0.05) is 23.7 Å². The third-order valence-electron chi connectivity index (χ3n) is 3.82. The van der Waals surface area contributed by atoms with Crippen molar-refractivity contribution in [2.24, 2.45) is 0 Å². The van der Waals surface area contributed by atoms with Crippen molar-refractivity contribution in [1.29, 1.82) is 0 Å². The van der Waals surface area contributed by atoms with E-state index in [9.17, 15) is 0 Å². The zero-order valence-corrected chi connectivity index (χ0v) is 12.2. The van der Waals surface area contributed by atoms with E-state index < -0.39 is 0 Å². The van der Waals surface area contributed by atoms with E-state index in [2.05, 4.69) is 41.4 Å². The molecule has 2 N–H and O–H groups in total. The molecule has 0 amide bonds. The second kappa shape index (κ2) is 4.94. The second-order valence-corrected chi connectivity index (χ2v) is 6.35. The average Bonchev–Trinajstić information content (AvgIpc) is 2.95. The van der Waals surface area contributed by atoms with Crippen LogP contribution in [0.4, 0.5) is 5.69 Å². The number of hydrogen-bond acceptors (Lipinski definition) is 4. The largest absolute Gasteiger partial charge is 0.399 e. The van der Waals surface area contributed by atoms with E-state index in [1.807, 2.05) is 6.07 Å². The van der Waals surface area contributed by atoms with Gasteiger partial charge in [0.25, 0.3) is 0 Å². The number of aryl methyl sites for hydroxylation is 2. The van der Waals surface area contributed by atoms with Crippen LogP contribution in [0.15, 0.2) is 23.6 Å². The van der Waals surface area contributed by atoms with Crippen molar-refractivity contribution in [3.05, 3.63) is 45.4 Å². The number of benzene rings is 1. The molecule has 3 nitrogen and oxygen atoms in total. The summed E-state index contributed by atoms with van der Waals surface area (Å²) in [6, 6.07) is 6.82. The van der Waals surface area contributed by atoms with Crippen LogP contribution in [-0.4, -0.2) is 16.9 Å². The molecule has 0 spiro atoms. The Hall–Kier alpha value is -1.39. The van der Waals surface area contributed by atoms with Gasteiger partial charge in [-0.25, -0.2) is 4.98 Å². The molecule has 1 unspecified atom stereocenters. The smallest absolute Gasteiger partial charge is 0.0897 e. The highest BCUT2D eigenvalue weighted by Crippen LogP contribution is 2.36. The van der Waals surface area contributed by atoms with Gasteiger partial charge in [-0.05, 0) is 50.1 Å². The molecule has 19 heavy (non-hydrogen) atoms. The molecule has 0 fully saturated rings. The lowest BCUT2D eigenvalue weighted by Gasteiger charge is -2.24. The van der Waals surface area contributed by atoms with Crippen LogP contribution in [0.3, 0.4) is 0 Å². The number of fused-ring (bicyclic) bond motifs is 1. The van der Waals surface area contributed by atoms with E-state index in [-0.39, 0.29) is 0 Å². The van der Waals surface area contributed by atoms with Gasteiger partial charge in [-0.3, -0.25) is 4.90 Å². The van der Waals surface area contributed by atoms with Crippen LogP contribution < -0.4 is 5.73 Å². The first-order valence-corrected chi connectivity index (χ1v) is 7.51. The molecule has 3 rings (SSSR count). The Kier molecular flexibility index (Phi) is 3.29. The highest BCUT2D eigenvalue weighted by Gasteiger charge is 2.26. The highest BCUT2D eigenvalue weighted by molar-refractivity contribution is 7.09. The van der Waals surface area contributed by atoms with Gasteiger partial charge in [0.15, 0.2) is 0 Å². The van der Waals surface area contributed by atoms with Crippen molar-refractivity contribution in [3.8, 4) is 0 Å². The molecule has 1 aromatic carbocycles. The molecule has 1 aliphatic carbocycles. The van der Waals surface area contributed by atoms with Gasteiger partial charge in [0.2, 0.25) is 0 Å². The van der Waals surface area contributed by atoms with Crippen molar-refractivity contribution >= 4 is 17.0 Å². The lowest BCUT2D eigenvalue weighted by molar-refractivity contribution is 0.233. The molecule has 0 saturated carbocycles. The molecule has 1 atom stereocenters. The van der Waals surface area contributed by atoms with E-state index >= 15 is 0 Å². The minimum atomic E-state index is 0.498. The Labute approximate surface area is 118 Å². The van der Waals surface area contributed by atoms with Crippen LogP contribution in [0.25, 0.3) is 0 Å². The highest BCUT2D eigenvalue weighted by atomic mass is 32.1. The van der Waals surface area contributed by atoms with Crippen molar-refractivity contribution in [2.75, 3.05) is 12.8 Å². The summed E-state index contributed by atoms with van der Waals surface area (Å²) in [6.07, 6.45) is 2.31. The first kappa shape index (κ1) is 12.6. The normalized spacial score (nSPS) is 17.9. The molecule has 0 bridgehead atoms. The Bertz CT molecular complexity index is 591. The third-order valence-corrected chi connectivity index (χ3v) is 4.65. The fraction of sp³-hybridized carbons (Fsp3) is 0.400. The van der Waals surface area contributed by atoms with E-state index in [0.717, 1.165) is 23.7 Å². The summed E-state index contributed by atoms with van der Waals surface area (Å²) in [6.45, 7) is 2.97. The molecule has 1 aliphatic rings. The van der Waals surface area contributed by atoms with Gasteiger partial charge in [-0.2, -0.15) is 0 Å². The summed E-state index contributed by atoms with van der Waals surface area (Å²) in [5.41, 5.74) is 10.7. The van der Waals surface area contributed by atoms with Gasteiger partial charge < -0.3 is 5.73 Å². The fourth-order valence-corrected chi connectivity index (χ4v) is 3.52. The molecule has 100 valence electrons. The van der Waals surface area contributed by atoms with Crippen molar-refractivity contribution in [3.63, 3.8) is 0 Å². The number of nitrogens with zero attached hydrogens (tertiary/aromatic N) is 2. The summed E-state index contributed by atoms with van der Waals surface area (Å²) in [4.78, 5) is 6.95. The molecular weight excluding hydrogens is 254 g/mol. The van der Waals surface area contributed by atoms with Gasteiger partial charge in [-0.15, -0.1) is 11.3 Å². The molecule has 0 saturated heterocycles. The predicted molar refractivity (Wildman–Crippen MR) is 80.2 cm³/mol. The second-order valence-electron chi connectivity index (χ2n) is 5.29. The maximum absolute atomic E-state index is 5.86. The number of aromatic nitrogens is 1. The summed E-state index contributed by atoms with van der Waals surface area (Å²) in [7, 11) is 2.19. The monoisotopic (exact) mass is 273 g/mol. The molecule has 2 aromatic rings. The van der Waals surface area contributed by atoms with Crippen LogP contribution in [0.1, 0.15) is 34.3 Å². The van der Waals surface area contributed by atoms with Crippen molar-refractivity contribution < 1.29 is 0 Å². The van der Waals surface area contributed by atoms with Crippen molar-refractivity contribution in [2.45, 2.75) is 32.4 Å².